The van der Waals surface area contributed by atoms with Crippen LogP contribution >= 0.6 is 0 Å². The molecule has 0 saturated heterocycles. The molecule has 3 nitrogen and oxygen atoms in total. The molecule has 1 aliphatic heterocycles. The summed E-state index contributed by atoms with van der Waals surface area (Å²) in [7, 11) is -1.61. The van der Waals surface area contributed by atoms with Gasteiger partial charge in [0.15, 0.2) is 0 Å². The minimum atomic E-state index is -1.61. The SMILES string of the molecule is Cc1nc(C)nc(Cc2cccc3c2-c2ccccc2[Si]3(C)C)n1. The van der Waals surface area contributed by atoms with Crippen molar-refractivity contribution in [2.45, 2.75) is 33.4 Å². The lowest BCUT2D eigenvalue weighted by atomic mass is 9.97. The van der Waals surface area contributed by atoms with Gasteiger partial charge in [0.1, 0.15) is 25.5 Å². The molecule has 4 heteroatoms. The average molecular weight is 331 g/mol. The summed E-state index contributed by atoms with van der Waals surface area (Å²) in [6, 6.07) is 15.6. The fraction of sp³-hybridized carbons (Fsp3) is 0.250. The standard InChI is InChI=1S/C20H21N3Si/c1-13-21-14(2)23-19(22-13)12-15-8-7-11-18-20(15)16-9-5-6-10-17(16)24(18,3)4/h5-11H,12H2,1-4H3. The Labute approximate surface area is 143 Å². The van der Waals surface area contributed by atoms with Gasteiger partial charge in [-0.1, -0.05) is 55.6 Å². The van der Waals surface area contributed by atoms with Crippen molar-refractivity contribution < 1.29 is 0 Å². The first-order valence-electron chi connectivity index (χ1n) is 8.37. The molecule has 2 heterocycles. The van der Waals surface area contributed by atoms with Crippen molar-refractivity contribution in [3.05, 3.63) is 65.5 Å². The minimum Gasteiger partial charge on any atom is -0.219 e. The third-order valence-corrected chi connectivity index (χ3v) is 8.49. The van der Waals surface area contributed by atoms with E-state index < -0.39 is 8.07 Å². The van der Waals surface area contributed by atoms with Crippen LogP contribution in [0.1, 0.15) is 23.0 Å². The van der Waals surface area contributed by atoms with Crippen molar-refractivity contribution in [3.8, 4) is 11.1 Å². The van der Waals surface area contributed by atoms with Gasteiger partial charge in [0.05, 0.1) is 0 Å². The van der Waals surface area contributed by atoms with Gasteiger partial charge >= 0.3 is 0 Å². The van der Waals surface area contributed by atoms with Gasteiger partial charge in [0, 0.05) is 6.42 Å². The molecule has 0 saturated carbocycles. The Morgan fingerprint density at radius 2 is 1.46 bits per heavy atom. The Balaban J connectivity index is 1.88. The van der Waals surface area contributed by atoms with E-state index in [0.29, 0.717) is 0 Å². The van der Waals surface area contributed by atoms with E-state index in [-0.39, 0.29) is 0 Å². The Hall–Kier alpha value is -2.33. The number of hydrogen-bond acceptors (Lipinski definition) is 3. The molecule has 0 N–H and O–H groups in total. The van der Waals surface area contributed by atoms with Gasteiger partial charge in [-0.3, -0.25) is 0 Å². The number of aromatic nitrogens is 3. The highest BCUT2D eigenvalue weighted by Gasteiger charge is 2.38. The third-order valence-electron chi connectivity index (χ3n) is 4.95. The Morgan fingerprint density at radius 1 is 0.792 bits per heavy atom. The number of fused-ring (bicyclic) bond motifs is 3. The van der Waals surface area contributed by atoms with E-state index >= 15 is 0 Å². The lowest BCUT2D eigenvalue weighted by molar-refractivity contribution is 0.844. The molecule has 0 bridgehead atoms. The average Bonchev–Trinajstić information content (AvgIpc) is 2.76. The predicted molar refractivity (Wildman–Crippen MR) is 101 cm³/mol. The molecule has 4 rings (SSSR count). The van der Waals surface area contributed by atoms with Crippen LogP contribution in [-0.4, -0.2) is 23.0 Å². The Morgan fingerprint density at radius 3 is 2.21 bits per heavy atom. The van der Waals surface area contributed by atoms with E-state index in [1.165, 1.54) is 27.1 Å². The van der Waals surface area contributed by atoms with Crippen LogP contribution in [-0.2, 0) is 6.42 Å². The van der Waals surface area contributed by atoms with Gasteiger partial charge in [-0.25, -0.2) is 15.0 Å². The van der Waals surface area contributed by atoms with E-state index in [4.69, 9.17) is 0 Å². The fourth-order valence-electron chi connectivity index (χ4n) is 3.91. The molecule has 0 unspecified atom stereocenters. The van der Waals surface area contributed by atoms with Gasteiger partial charge in [-0.15, -0.1) is 0 Å². The maximum absolute atomic E-state index is 4.54. The van der Waals surface area contributed by atoms with Crippen LogP contribution < -0.4 is 10.4 Å². The van der Waals surface area contributed by atoms with Gasteiger partial charge in [-0.05, 0) is 40.9 Å². The van der Waals surface area contributed by atoms with Gasteiger partial charge in [0.2, 0.25) is 0 Å². The quantitative estimate of drug-likeness (QED) is 0.678. The summed E-state index contributed by atoms with van der Waals surface area (Å²) in [5, 5.41) is 3.07. The summed E-state index contributed by atoms with van der Waals surface area (Å²) < 4.78 is 0. The van der Waals surface area contributed by atoms with Crippen LogP contribution in [0, 0.1) is 13.8 Å². The molecule has 120 valence electrons. The van der Waals surface area contributed by atoms with Crippen molar-refractivity contribution in [2.24, 2.45) is 0 Å². The van der Waals surface area contributed by atoms with E-state index in [2.05, 4.69) is 70.5 Å². The summed E-state index contributed by atoms with van der Waals surface area (Å²) in [4.78, 5) is 13.4. The van der Waals surface area contributed by atoms with Crippen LogP contribution in [0.4, 0.5) is 0 Å². The largest absolute Gasteiger partial charge is 0.219 e. The van der Waals surface area contributed by atoms with E-state index in [1.54, 1.807) is 0 Å². The first-order chi connectivity index (χ1) is 11.5. The van der Waals surface area contributed by atoms with Crippen LogP contribution in [0.15, 0.2) is 42.5 Å². The highest BCUT2D eigenvalue weighted by molar-refractivity contribution is 7.03. The maximum Gasteiger partial charge on any atom is 0.136 e. The molecule has 3 aromatic rings. The number of rotatable bonds is 2. The zero-order valence-electron chi connectivity index (χ0n) is 14.6. The second-order valence-corrected chi connectivity index (χ2v) is 11.4. The summed E-state index contributed by atoms with van der Waals surface area (Å²) in [5.74, 6) is 2.44. The molecule has 0 fully saturated rings. The van der Waals surface area contributed by atoms with Crippen LogP contribution in [0.5, 0.6) is 0 Å². The van der Waals surface area contributed by atoms with E-state index in [0.717, 1.165) is 23.9 Å². The maximum atomic E-state index is 4.54. The summed E-state index contributed by atoms with van der Waals surface area (Å²) in [5.41, 5.74) is 4.14. The van der Waals surface area contributed by atoms with Gasteiger partial charge < -0.3 is 0 Å². The highest BCUT2D eigenvalue weighted by atomic mass is 28.3. The summed E-state index contributed by atoms with van der Waals surface area (Å²) in [6.07, 6.45) is 0.756. The Kier molecular flexibility index (Phi) is 3.39. The fourth-order valence-corrected chi connectivity index (χ4v) is 7.03. The minimum absolute atomic E-state index is 0.756. The lowest BCUT2D eigenvalue weighted by Crippen LogP contribution is -2.49. The second kappa shape index (κ2) is 5.35. The molecule has 0 atom stereocenters. The molecule has 0 radical (unpaired) electrons. The molecule has 1 aromatic heterocycles. The topological polar surface area (TPSA) is 38.7 Å². The van der Waals surface area contributed by atoms with Crippen molar-refractivity contribution in [2.75, 3.05) is 0 Å². The van der Waals surface area contributed by atoms with Crippen LogP contribution in [0.2, 0.25) is 13.1 Å². The molecular weight excluding hydrogens is 310 g/mol. The molecule has 24 heavy (non-hydrogen) atoms. The van der Waals surface area contributed by atoms with Crippen molar-refractivity contribution in [1.29, 1.82) is 0 Å². The van der Waals surface area contributed by atoms with E-state index in [1.807, 2.05) is 13.8 Å². The smallest absolute Gasteiger partial charge is 0.136 e. The van der Waals surface area contributed by atoms with E-state index in [9.17, 15) is 0 Å². The monoisotopic (exact) mass is 331 g/mol. The van der Waals surface area contributed by atoms with Crippen molar-refractivity contribution >= 4 is 18.4 Å². The number of benzene rings is 2. The lowest BCUT2D eigenvalue weighted by Gasteiger charge is -2.18. The summed E-state index contributed by atoms with van der Waals surface area (Å²) in [6.45, 7) is 8.75. The Bertz CT molecular complexity index is 927. The zero-order chi connectivity index (χ0) is 16.9. The first-order valence-corrected chi connectivity index (χ1v) is 11.4. The number of aryl methyl sites for hydroxylation is 2. The number of hydrogen-bond donors (Lipinski definition) is 0. The molecular formula is C20H21N3Si. The molecule has 1 aliphatic rings. The van der Waals surface area contributed by atoms with Crippen molar-refractivity contribution in [1.82, 2.24) is 15.0 Å². The van der Waals surface area contributed by atoms with Crippen LogP contribution in [0.3, 0.4) is 0 Å². The highest BCUT2D eigenvalue weighted by Crippen LogP contribution is 2.31. The first kappa shape index (κ1) is 15.2. The third kappa shape index (κ3) is 2.29. The van der Waals surface area contributed by atoms with Gasteiger partial charge in [0.25, 0.3) is 0 Å². The zero-order valence-corrected chi connectivity index (χ0v) is 15.6. The molecule has 2 aromatic carbocycles. The predicted octanol–water partition coefficient (Wildman–Crippen LogP) is 2.88. The van der Waals surface area contributed by atoms with Crippen LogP contribution in [0.25, 0.3) is 11.1 Å². The van der Waals surface area contributed by atoms with Gasteiger partial charge in [-0.2, -0.15) is 0 Å². The molecule has 0 amide bonds. The normalized spacial score (nSPS) is 14.3. The molecule has 0 aliphatic carbocycles. The summed E-state index contributed by atoms with van der Waals surface area (Å²) >= 11 is 0. The molecule has 0 spiro atoms. The second-order valence-electron chi connectivity index (χ2n) is 7.03. The number of nitrogens with zero attached hydrogens (tertiary/aromatic N) is 3. The van der Waals surface area contributed by atoms with Crippen molar-refractivity contribution in [3.63, 3.8) is 0 Å².